The van der Waals surface area contributed by atoms with Crippen LogP contribution in [0.4, 0.5) is 0 Å². The third-order valence-electron chi connectivity index (χ3n) is 2.09. The van der Waals surface area contributed by atoms with Crippen LogP contribution in [0.1, 0.15) is 13.8 Å². The number of rotatable bonds is 6. The molecule has 2 atom stereocenters. The van der Waals surface area contributed by atoms with Gasteiger partial charge in [0.2, 0.25) is 5.91 Å². The van der Waals surface area contributed by atoms with E-state index in [2.05, 4.69) is 0 Å². The molecule has 0 aliphatic rings. The minimum atomic E-state index is -1.66. The molecule has 0 bridgehead atoms. The summed E-state index contributed by atoms with van der Waals surface area (Å²) in [5, 5.41) is 20.6. The molecular formula is C10H14ClN2NaO5. The van der Waals surface area contributed by atoms with Crippen molar-refractivity contribution in [3.8, 4) is 0 Å². The van der Waals surface area contributed by atoms with Gasteiger partial charge in [0.15, 0.2) is 6.04 Å². The molecule has 7 nitrogen and oxygen atoms in total. The molecule has 19 heavy (non-hydrogen) atoms. The Morgan fingerprint density at radius 2 is 1.84 bits per heavy atom. The van der Waals surface area contributed by atoms with Crippen LogP contribution >= 0.6 is 11.6 Å². The van der Waals surface area contributed by atoms with E-state index in [9.17, 15) is 19.5 Å². The van der Waals surface area contributed by atoms with E-state index in [1.54, 1.807) is 13.8 Å². The van der Waals surface area contributed by atoms with Gasteiger partial charge in [-0.2, -0.15) is 0 Å². The number of aliphatic carboxylic acids is 2. The standard InChI is InChI=1S/C10H15ClN2O5.Na/c1-4(2)7(12)9(16)13-8(10(17)18)5(11)3-6(14)15;/h3-4,7-8H,12H2,1-2H3,(H,13,16)(H,14,15)(H,17,18);/q;+1/p-1/b5-3-;. The van der Waals surface area contributed by atoms with Crippen molar-refractivity contribution in [3.05, 3.63) is 11.1 Å². The largest absolute Gasteiger partial charge is 1.00 e. The molecular weight excluding hydrogens is 287 g/mol. The molecule has 0 saturated heterocycles. The average molecular weight is 301 g/mol. The van der Waals surface area contributed by atoms with Gasteiger partial charge in [0, 0.05) is 0 Å². The zero-order valence-corrected chi connectivity index (χ0v) is 13.6. The first-order valence-electron chi connectivity index (χ1n) is 5.03. The van der Waals surface area contributed by atoms with Gasteiger partial charge in [-0.05, 0) is 12.0 Å². The quantitative estimate of drug-likeness (QED) is 0.334. The monoisotopic (exact) mass is 300 g/mol. The second-order valence-corrected chi connectivity index (χ2v) is 4.33. The van der Waals surface area contributed by atoms with Crippen LogP contribution in [0.3, 0.4) is 0 Å². The third-order valence-corrected chi connectivity index (χ3v) is 2.41. The SMILES string of the molecule is CC(C)C(N)C(=O)NC(C(=O)O)/C(Cl)=C/C(=O)[O-].[Na+]. The predicted molar refractivity (Wildman–Crippen MR) is 61.3 cm³/mol. The number of carboxylic acid groups (broad SMARTS) is 2. The Morgan fingerprint density at radius 3 is 2.16 bits per heavy atom. The van der Waals surface area contributed by atoms with Crippen LogP contribution in [0.2, 0.25) is 0 Å². The maximum atomic E-state index is 11.5. The van der Waals surface area contributed by atoms with E-state index < -0.39 is 35.0 Å². The molecule has 0 saturated carbocycles. The van der Waals surface area contributed by atoms with Crippen LogP contribution in [0.15, 0.2) is 11.1 Å². The van der Waals surface area contributed by atoms with Gasteiger partial charge >= 0.3 is 35.5 Å². The molecule has 0 aliphatic carbocycles. The molecule has 0 fully saturated rings. The molecule has 2 unspecified atom stereocenters. The van der Waals surface area contributed by atoms with Crippen molar-refractivity contribution in [2.75, 3.05) is 0 Å². The summed E-state index contributed by atoms with van der Waals surface area (Å²) in [7, 11) is 0. The summed E-state index contributed by atoms with van der Waals surface area (Å²) in [6, 6.07) is -2.58. The van der Waals surface area contributed by atoms with E-state index in [1.165, 1.54) is 0 Å². The van der Waals surface area contributed by atoms with Crippen LogP contribution in [0, 0.1) is 5.92 Å². The summed E-state index contributed by atoms with van der Waals surface area (Å²) in [5.41, 5.74) is 5.51. The van der Waals surface area contributed by atoms with E-state index in [0.29, 0.717) is 6.08 Å². The van der Waals surface area contributed by atoms with Crippen molar-refractivity contribution < 1.29 is 54.2 Å². The Hall–Kier alpha value is -0.600. The fourth-order valence-electron chi connectivity index (χ4n) is 0.986. The molecule has 9 heteroatoms. The molecule has 0 heterocycles. The maximum absolute atomic E-state index is 11.5. The van der Waals surface area contributed by atoms with Gasteiger partial charge in [0.05, 0.1) is 17.0 Å². The van der Waals surface area contributed by atoms with Crippen LogP contribution in [-0.4, -0.2) is 35.0 Å². The smallest absolute Gasteiger partial charge is 0.545 e. The number of halogens is 1. The average Bonchev–Trinajstić information content (AvgIpc) is 2.22. The molecule has 0 radical (unpaired) electrons. The van der Waals surface area contributed by atoms with Crippen molar-refractivity contribution in [3.63, 3.8) is 0 Å². The van der Waals surface area contributed by atoms with E-state index in [4.69, 9.17) is 22.4 Å². The first-order chi connectivity index (χ1) is 8.16. The summed E-state index contributed by atoms with van der Waals surface area (Å²) in [6.45, 7) is 3.36. The summed E-state index contributed by atoms with van der Waals surface area (Å²) in [4.78, 5) is 32.7. The fraction of sp³-hybridized carbons (Fsp3) is 0.500. The van der Waals surface area contributed by atoms with Gasteiger partial charge < -0.3 is 26.1 Å². The second kappa shape index (κ2) is 9.33. The predicted octanol–water partition coefficient (Wildman–Crippen LogP) is -4.58. The maximum Gasteiger partial charge on any atom is 1.00 e. The number of hydrogen-bond acceptors (Lipinski definition) is 5. The third kappa shape index (κ3) is 7.54. The summed E-state index contributed by atoms with van der Waals surface area (Å²) >= 11 is 5.47. The summed E-state index contributed by atoms with van der Waals surface area (Å²) < 4.78 is 0. The van der Waals surface area contributed by atoms with Crippen molar-refractivity contribution in [2.45, 2.75) is 25.9 Å². The minimum absolute atomic E-state index is 0. The van der Waals surface area contributed by atoms with E-state index >= 15 is 0 Å². The Morgan fingerprint density at radius 1 is 1.37 bits per heavy atom. The zero-order chi connectivity index (χ0) is 14.5. The van der Waals surface area contributed by atoms with Gasteiger partial charge in [-0.1, -0.05) is 25.4 Å². The van der Waals surface area contributed by atoms with Crippen molar-refractivity contribution in [1.82, 2.24) is 5.32 Å². The number of carbonyl (C=O) groups is 3. The molecule has 0 aromatic rings. The van der Waals surface area contributed by atoms with Gasteiger partial charge in [-0.3, -0.25) is 4.79 Å². The fourth-order valence-corrected chi connectivity index (χ4v) is 1.22. The van der Waals surface area contributed by atoms with Crippen LogP contribution < -0.4 is 45.7 Å². The molecule has 102 valence electrons. The van der Waals surface area contributed by atoms with E-state index in [1.807, 2.05) is 5.32 Å². The van der Waals surface area contributed by atoms with Crippen LogP contribution in [0.5, 0.6) is 0 Å². The molecule has 0 aromatic carbocycles. The summed E-state index contributed by atoms with van der Waals surface area (Å²) in [6.07, 6.45) is 0.390. The van der Waals surface area contributed by atoms with E-state index in [0.717, 1.165) is 0 Å². The number of carboxylic acids is 2. The Labute approximate surface area is 137 Å². The van der Waals surface area contributed by atoms with E-state index in [-0.39, 0.29) is 35.5 Å². The van der Waals surface area contributed by atoms with Crippen molar-refractivity contribution >= 4 is 29.4 Å². The van der Waals surface area contributed by atoms with Crippen LogP contribution in [-0.2, 0) is 14.4 Å². The first-order valence-corrected chi connectivity index (χ1v) is 5.41. The number of amides is 1. The van der Waals surface area contributed by atoms with Crippen molar-refractivity contribution in [2.24, 2.45) is 11.7 Å². The van der Waals surface area contributed by atoms with Gasteiger partial charge in [-0.25, -0.2) is 4.79 Å². The molecule has 1 amide bonds. The summed E-state index contributed by atoms with van der Waals surface area (Å²) in [5.74, 6) is -4.10. The number of hydrogen-bond donors (Lipinski definition) is 3. The number of nitrogens with one attached hydrogen (secondary N) is 1. The first kappa shape index (κ1) is 20.7. The zero-order valence-electron chi connectivity index (χ0n) is 10.8. The van der Waals surface area contributed by atoms with Crippen LogP contribution in [0.25, 0.3) is 0 Å². The van der Waals surface area contributed by atoms with Gasteiger partial charge in [0.1, 0.15) is 0 Å². The number of nitrogens with two attached hydrogens (primary N) is 1. The van der Waals surface area contributed by atoms with Gasteiger partial charge in [-0.15, -0.1) is 0 Å². The topological polar surface area (TPSA) is 133 Å². The Balaban J connectivity index is 0. The van der Waals surface area contributed by atoms with Gasteiger partial charge in [0.25, 0.3) is 0 Å². The molecule has 0 rings (SSSR count). The molecule has 0 aliphatic heterocycles. The number of carbonyl (C=O) groups excluding carboxylic acids is 2. The Bertz CT molecular complexity index is 386. The minimum Gasteiger partial charge on any atom is -0.545 e. The van der Waals surface area contributed by atoms with Crippen molar-refractivity contribution in [1.29, 1.82) is 0 Å². The molecule has 4 N–H and O–H groups in total. The Kier molecular flexibility index (Phi) is 10.2. The second-order valence-electron chi connectivity index (χ2n) is 3.90. The molecule has 0 spiro atoms. The molecule has 0 aromatic heterocycles. The normalized spacial score (nSPS) is 14.3.